The number of carboxylic acid groups (broad SMARTS) is 1. The van der Waals surface area contributed by atoms with Crippen molar-refractivity contribution < 1.29 is 9.90 Å². The minimum atomic E-state index is -1.16. The molecule has 0 fully saturated rings. The molecule has 0 aliphatic rings. The second-order valence-corrected chi connectivity index (χ2v) is 5.26. The zero-order valence-corrected chi connectivity index (χ0v) is 13.1. The smallest absolute Gasteiger partial charge is 0.323 e. The number of hydrogen-bond donors (Lipinski definition) is 2. The molecule has 0 aliphatic carbocycles. The Hall–Kier alpha value is -2.38. The molecule has 3 N–H and O–H groups in total. The topological polar surface area (TPSA) is 101 Å². The summed E-state index contributed by atoms with van der Waals surface area (Å²) in [5.41, 5.74) is 6.25. The van der Waals surface area contributed by atoms with Crippen LogP contribution in [0.25, 0.3) is 0 Å². The number of hydrogen-bond acceptors (Lipinski definition) is 5. The lowest BCUT2D eigenvalue weighted by Crippen LogP contribution is -2.39. The summed E-state index contributed by atoms with van der Waals surface area (Å²) < 4.78 is 0.956. The first-order valence-corrected chi connectivity index (χ1v) is 7.36. The van der Waals surface area contributed by atoms with E-state index in [9.17, 15) is 9.59 Å². The number of anilines is 1. The monoisotopic (exact) mass is 336 g/mol. The molecule has 23 heavy (non-hydrogen) atoms. The first kappa shape index (κ1) is 17.0. The number of nitrogens with two attached hydrogens (primary N) is 1. The average Bonchev–Trinajstić information content (AvgIpc) is 2.54. The molecular formula is C15H17ClN4O3. The van der Waals surface area contributed by atoms with E-state index in [-0.39, 0.29) is 17.6 Å². The Labute approximate surface area is 137 Å². The fraction of sp³-hybridized carbons (Fsp3) is 0.267. The van der Waals surface area contributed by atoms with E-state index in [1.54, 1.807) is 4.90 Å². The van der Waals surface area contributed by atoms with Crippen LogP contribution in [0.4, 0.5) is 5.82 Å². The normalized spacial score (nSPS) is 10.5. The molecule has 0 spiro atoms. The van der Waals surface area contributed by atoms with Gasteiger partial charge in [0.05, 0.1) is 12.9 Å². The van der Waals surface area contributed by atoms with Gasteiger partial charge >= 0.3 is 5.97 Å². The minimum absolute atomic E-state index is 0.0267. The number of nitrogens with zero attached hydrogens (tertiary/aromatic N) is 3. The van der Waals surface area contributed by atoms with Crippen LogP contribution in [0.1, 0.15) is 5.56 Å². The Morgan fingerprint density at radius 3 is 2.65 bits per heavy atom. The van der Waals surface area contributed by atoms with E-state index in [2.05, 4.69) is 4.98 Å². The van der Waals surface area contributed by atoms with Crippen LogP contribution in [0, 0.1) is 0 Å². The van der Waals surface area contributed by atoms with Gasteiger partial charge in [-0.3, -0.25) is 14.2 Å². The Morgan fingerprint density at radius 2 is 2.04 bits per heavy atom. The molecule has 7 nitrogen and oxygen atoms in total. The Bertz CT molecular complexity index is 733. The summed E-state index contributed by atoms with van der Waals surface area (Å²) in [6.07, 6.45) is 1.94. The van der Waals surface area contributed by atoms with Gasteiger partial charge in [-0.15, -0.1) is 0 Å². The van der Waals surface area contributed by atoms with Crippen molar-refractivity contribution in [1.82, 2.24) is 9.55 Å². The van der Waals surface area contributed by atoms with Crippen molar-refractivity contribution in [3.8, 4) is 0 Å². The lowest BCUT2D eigenvalue weighted by Gasteiger charge is -2.21. The quantitative estimate of drug-likeness (QED) is 0.730. The number of benzene rings is 1. The molecule has 1 heterocycles. The van der Waals surface area contributed by atoms with Gasteiger partial charge in [0.25, 0.3) is 5.56 Å². The van der Waals surface area contributed by atoms with Crippen molar-refractivity contribution in [2.45, 2.75) is 13.0 Å². The zero-order valence-electron chi connectivity index (χ0n) is 12.4. The zero-order chi connectivity index (χ0) is 16.8. The predicted octanol–water partition coefficient (Wildman–Crippen LogP) is 0.947. The van der Waals surface area contributed by atoms with Crippen molar-refractivity contribution in [3.63, 3.8) is 0 Å². The van der Waals surface area contributed by atoms with Gasteiger partial charge in [0, 0.05) is 6.54 Å². The van der Waals surface area contributed by atoms with Crippen molar-refractivity contribution in [1.29, 1.82) is 0 Å². The van der Waals surface area contributed by atoms with E-state index >= 15 is 0 Å². The fourth-order valence-electron chi connectivity index (χ4n) is 2.15. The molecule has 0 saturated carbocycles. The predicted molar refractivity (Wildman–Crippen MR) is 87.7 cm³/mol. The van der Waals surface area contributed by atoms with Crippen molar-refractivity contribution >= 4 is 23.4 Å². The highest BCUT2D eigenvalue weighted by Crippen LogP contribution is 2.10. The van der Waals surface area contributed by atoms with E-state index in [1.807, 2.05) is 30.3 Å². The van der Waals surface area contributed by atoms with Gasteiger partial charge in [0.2, 0.25) is 0 Å². The second-order valence-electron chi connectivity index (χ2n) is 4.87. The van der Waals surface area contributed by atoms with Crippen LogP contribution >= 0.6 is 11.6 Å². The standard InChI is InChI=1S/C15H17ClN4O3/c16-12-8-18-14(15(23)20(12)9-13(21)22)19(10-17)7-6-11-4-2-1-3-5-11/h1-5,8H,6-7,9-10,17H2,(H,21,22). The Morgan fingerprint density at radius 1 is 1.35 bits per heavy atom. The molecule has 0 bridgehead atoms. The summed E-state index contributed by atoms with van der Waals surface area (Å²) in [5, 5.41) is 8.85. The third kappa shape index (κ3) is 4.30. The summed E-state index contributed by atoms with van der Waals surface area (Å²) >= 11 is 5.85. The maximum atomic E-state index is 12.4. The third-order valence-electron chi connectivity index (χ3n) is 3.31. The van der Waals surface area contributed by atoms with Crippen LogP contribution < -0.4 is 16.2 Å². The lowest BCUT2D eigenvalue weighted by atomic mass is 10.1. The highest BCUT2D eigenvalue weighted by molar-refractivity contribution is 6.29. The second kappa shape index (κ2) is 7.75. The maximum absolute atomic E-state index is 12.4. The summed E-state index contributed by atoms with van der Waals surface area (Å²) in [7, 11) is 0. The summed E-state index contributed by atoms with van der Waals surface area (Å²) in [5.74, 6) is -1.07. The molecule has 1 aromatic heterocycles. The Kier molecular flexibility index (Phi) is 5.72. The number of aliphatic carboxylic acids is 1. The van der Waals surface area contributed by atoms with E-state index in [4.69, 9.17) is 22.4 Å². The van der Waals surface area contributed by atoms with E-state index < -0.39 is 18.1 Å². The summed E-state index contributed by atoms with van der Waals surface area (Å²) in [4.78, 5) is 28.9. The van der Waals surface area contributed by atoms with Crippen molar-refractivity contribution in [2.24, 2.45) is 5.73 Å². The van der Waals surface area contributed by atoms with Gasteiger partial charge in [-0.1, -0.05) is 41.9 Å². The van der Waals surface area contributed by atoms with Crippen molar-refractivity contribution in [2.75, 3.05) is 18.1 Å². The van der Waals surface area contributed by atoms with Gasteiger partial charge in [-0.25, -0.2) is 4.98 Å². The SMILES string of the molecule is NCN(CCc1ccccc1)c1ncc(Cl)n(CC(=O)O)c1=O. The van der Waals surface area contributed by atoms with Gasteiger partial charge in [-0.2, -0.15) is 0 Å². The number of halogens is 1. The van der Waals surface area contributed by atoms with Crippen LogP contribution in [0.3, 0.4) is 0 Å². The molecule has 8 heteroatoms. The van der Waals surface area contributed by atoms with Gasteiger partial charge in [-0.05, 0) is 12.0 Å². The van der Waals surface area contributed by atoms with Crippen molar-refractivity contribution in [3.05, 3.63) is 57.6 Å². The summed E-state index contributed by atoms with van der Waals surface area (Å²) in [6.45, 7) is 0.0471. The molecule has 2 aromatic rings. The van der Waals surface area contributed by atoms with Gasteiger partial charge < -0.3 is 15.7 Å². The average molecular weight is 337 g/mol. The van der Waals surface area contributed by atoms with Crippen LogP contribution in [-0.4, -0.2) is 33.8 Å². The first-order valence-electron chi connectivity index (χ1n) is 6.99. The van der Waals surface area contributed by atoms with Crippen LogP contribution in [-0.2, 0) is 17.8 Å². The molecule has 0 unspecified atom stereocenters. The maximum Gasteiger partial charge on any atom is 0.323 e. The van der Waals surface area contributed by atoms with Gasteiger partial charge in [0.15, 0.2) is 5.82 Å². The Balaban J connectivity index is 2.24. The van der Waals surface area contributed by atoms with Crippen LogP contribution in [0.15, 0.2) is 41.3 Å². The van der Waals surface area contributed by atoms with E-state index in [0.29, 0.717) is 13.0 Å². The number of rotatable bonds is 7. The van der Waals surface area contributed by atoms with Crippen LogP contribution in [0.2, 0.25) is 5.15 Å². The molecule has 0 saturated heterocycles. The summed E-state index contributed by atoms with van der Waals surface area (Å²) in [6, 6.07) is 9.75. The fourth-order valence-corrected chi connectivity index (χ4v) is 2.33. The number of carbonyl (C=O) groups is 1. The lowest BCUT2D eigenvalue weighted by molar-refractivity contribution is -0.137. The molecule has 0 aliphatic heterocycles. The molecule has 0 amide bonds. The molecule has 2 rings (SSSR count). The van der Waals surface area contributed by atoms with Gasteiger partial charge in [0.1, 0.15) is 11.7 Å². The molecule has 0 radical (unpaired) electrons. The molecule has 1 aromatic carbocycles. The van der Waals surface area contributed by atoms with E-state index in [1.165, 1.54) is 6.20 Å². The largest absolute Gasteiger partial charge is 0.480 e. The molecule has 0 atom stereocenters. The third-order valence-corrected chi connectivity index (χ3v) is 3.62. The molecule has 122 valence electrons. The van der Waals surface area contributed by atoms with Crippen LogP contribution in [0.5, 0.6) is 0 Å². The number of carboxylic acids is 1. The number of aromatic nitrogens is 2. The highest BCUT2D eigenvalue weighted by atomic mass is 35.5. The first-order chi connectivity index (χ1) is 11.0. The van der Waals surface area contributed by atoms with E-state index in [0.717, 1.165) is 10.1 Å². The molecular weight excluding hydrogens is 320 g/mol. The highest BCUT2D eigenvalue weighted by Gasteiger charge is 2.16. The minimum Gasteiger partial charge on any atom is -0.480 e.